The Kier molecular flexibility index (Phi) is 1.91. The zero-order valence-corrected chi connectivity index (χ0v) is 8.61. The predicted molar refractivity (Wildman–Crippen MR) is 47.3 cm³/mol. The van der Waals surface area contributed by atoms with E-state index in [0.717, 1.165) is 20.3 Å². The lowest BCUT2D eigenvalue weighted by atomic mass is 10.2. The molecule has 4 heteroatoms. The summed E-state index contributed by atoms with van der Waals surface area (Å²) >= 11 is 6.76. The van der Waals surface area contributed by atoms with Crippen molar-refractivity contribution >= 4 is 31.9 Å². The molecular weight excluding hydrogens is 276 g/mol. The molecule has 1 heterocycles. The van der Waals surface area contributed by atoms with Crippen molar-refractivity contribution in [2.24, 2.45) is 0 Å². The van der Waals surface area contributed by atoms with Crippen LogP contribution >= 0.6 is 31.9 Å². The third-order valence-corrected chi connectivity index (χ3v) is 3.31. The van der Waals surface area contributed by atoms with Crippen LogP contribution in [0.4, 0.5) is 0 Å². The Labute approximate surface area is 80.7 Å². The van der Waals surface area contributed by atoms with Crippen molar-refractivity contribution in [1.29, 1.82) is 0 Å². The minimum absolute atomic E-state index is 0.529. The maximum Gasteiger partial charge on any atom is 0.172 e. The van der Waals surface area contributed by atoms with E-state index in [9.17, 15) is 0 Å². The lowest BCUT2D eigenvalue weighted by molar-refractivity contribution is -0.194. The molecule has 0 aromatic heterocycles. The Morgan fingerprint density at radius 3 is 2.73 bits per heavy atom. The van der Waals surface area contributed by atoms with Crippen LogP contribution in [0.2, 0.25) is 0 Å². The summed E-state index contributed by atoms with van der Waals surface area (Å²) in [6.45, 7) is 0.529. The van der Waals surface area contributed by atoms with E-state index in [1.54, 1.807) is 0 Å². The third kappa shape index (κ3) is 1.30. The molecule has 1 aromatic rings. The zero-order chi connectivity index (χ0) is 7.84. The highest BCUT2D eigenvalue weighted by molar-refractivity contribution is 9.13. The minimum Gasteiger partial charge on any atom is -0.337 e. The highest BCUT2D eigenvalue weighted by Crippen LogP contribution is 2.34. The molecule has 0 amide bonds. The molecule has 0 radical (unpaired) electrons. The first-order valence-electron chi connectivity index (χ1n) is 3.05. The molecule has 1 aliphatic rings. The molecule has 0 spiro atoms. The number of halogens is 2. The van der Waals surface area contributed by atoms with E-state index in [0.29, 0.717) is 6.61 Å². The van der Waals surface area contributed by atoms with Crippen LogP contribution in [0.3, 0.4) is 0 Å². The van der Waals surface area contributed by atoms with E-state index < -0.39 is 0 Å². The van der Waals surface area contributed by atoms with Gasteiger partial charge in [-0.05, 0) is 44.0 Å². The van der Waals surface area contributed by atoms with Gasteiger partial charge in [0, 0.05) is 14.5 Å². The molecule has 0 aliphatic carbocycles. The standard InChI is InChI=1S/C7H4Br2O2/c8-5-1-4-3-10-11-7(4)2-6(5)9/h1-2H,3H2. The quantitative estimate of drug-likeness (QED) is 0.680. The van der Waals surface area contributed by atoms with Crippen LogP contribution in [-0.2, 0) is 11.5 Å². The van der Waals surface area contributed by atoms with Crippen molar-refractivity contribution in [3.63, 3.8) is 0 Å². The fourth-order valence-electron chi connectivity index (χ4n) is 0.917. The first kappa shape index (κ1) is 7.58. The van der Waals surface area contributed by atoms with E-state index in [1.807, 2.05) is 12.1 Å². The normalized spacial score (nSPS) is 14.4. The fourth-order valence-corrected chi connectivity index (χ4v) is 1.63. The molecule has 0 fully saturated rings. The summed E-state index contributed by atoms with van der Waals surface area (Å²) in [6, 6.07) is 3.86. The molecule has 58 valence electrons. The van der Waals surface area contributed by atoms with E-state index in [2.05, 4.69) is 31.9 Å². The van der Waals surface area contributed by atoms with Gasteiger partial charge in [0.05, 0.1) is 0 Å². The van der Waals surface area contributed by atoms with Gasteiger partial charge in [-0.15, -0.1) is 0 Å². The highest BCUT2D eigenvalue weighted by atomic mass is 79.9. The van der Waals surface area contributed by atoms with Gasteiger partial charge in [-0.25, -0.2) is 0 Å². The third-order valence-electron chi connectivity index (χ3n) is 1.47. The van der Waals surface area contributed by atoms with Gasteiger partial charge in [-0.3, -0.25) is 0 Å². The van der Waals surface area contributed by atoms with Crippen LogP contribution in [0.5, 0.6) is 5.75 Å². The summed E-state index contributed by atoms with van der Waals surface area (Å²) in [5.74, 6) is 0.792. The van der Waals surface area contributed by atoms with Crippen molar-refractivity contribution in [2.45, 2.75) is 6.61 Å². The summed E-state index contributed by atoms with van der Waals surface area (Å²) in [6.07, 6.45) is 0. The zero-order valence-electron chi connectivity index (χ0n) is 5.43. The largest absolute Gasteiger partial charge is 0.337 e. The minimum atomic E-state index is 0.529. The number of hydrogen-bond donors (Lipinski definition) is 0. The molecule has 0 N–H and O–H groups in total. The van der Waals surface area contributed by atoms with E-state index >= 15 is 0 Å². The number of benzene rings is 1. The SMILES string of the molecule is Brc1cc2c(cc1Br)OOC2. The van der Waals surface area contributed by atoms with Crippen molar-refractivity contribution in [2.75, 3.05) is 0 Å². The first-order valence-corrected chi connectivity index (χ1v) is 4.63. The maximum atomic E-state index is 4.88. The molecule has 0 atom stereocenters. The van der Waals surface area contributed by atoms with Gasteiger partial charge in [-0.2, -0.15) is 4.89 Å². The molecule has 0 saturated heterocycles. The molecule has 0 unspecified atom stereocenters. The van der Waals surface area contributed by atoms with Crippen LogP contribution in [0.25, 0.3) is 0 Å². The van der Waals surface area contributed by atoms with Crippen LogP contribution in [-0.4, -0.2) is 0 Å². The molecule has 1 aromatic carbocycles. The number of fused-ring (bicyclic) bond motifs is 1. The summed E-state index contributed by atoms with van der Waals surface area (Å²) in [5, 5.41) is 0. The van der Waals surface area contributed by atoms with Crippen molar-refractivity contribution in [1.82, 2.24) is 0 Å². The molecule has 2 rings (SSSR count). The second-order valence-electron chi connectivity index (χ2n) is 2.22. The van der Waals surface area contributed by atoms with E-state index in [1.165, 1.54) is 0 Å². The van der Waals surface area contributed by atoms with Crippen molar-refractivity contribution < 1.29 is 9.78 Å². The number of hydrogen-bond acceptors (Lipinski definition) is 2. The van der Waals surface area contributed by atoms with Crippen LogP contribution in [0, 0.1) is 0 Å². The monoisotopic (exact) mass is 278 g/mol. The van der Waals surface area contributed by atoms with Gasteiger partial charge >= 0.3 is 0 Å². The molecular formula is C7H4Br2O2. The topological polar surface area (TPSA) is 18.5 Å². The van der Waals surface area contributed by atoms with E-state index in [-0.39, 0.29) is 0 Å². The fraction of sp³-hybridized carbons (Fsp3) is 0.143. The average molecular weight is 280 g/mol. The Hall–Kier alpha value is -0.0600. The Morgan fingerprint density at radius 1 is 1.18 bits per heavy atom. The van der Waals surface area contributed by atoms with Crippen molar-refractivity contribution in [3.05, 3.63) is 26.6 Å². The smallest absolute Gasteiger partial charge is 0.172 e. The number of rotatable bonds is 0. The summed E-state index contributed by atoms with van der Waals surface area (Å²) in [7, 11) is 0. The molecule has 2 nitrogen and oxygen atoms in total. The molecule has 1 aliphatic heterocycles. The molecule has 0 bridgehead atoms. The highest BCUT2D eigenvalue weighted by Gasteiger charge is 2.15. The van der Waals surface area contributed by atoms with Crippen LogP contribution < -0.4 is 4.89 Å². The Balaban J connectivity index is 2.57. The maximum absolute atomic E-state index is 4.88. The van der Waals surface area contributed by atoms with Gasteiger partial charge in [0.2, 0.25) is 0 Å². The molecule has 0 saturated carbocycles. The average Bonchev–Trinajstić information content (AvgIpc) is 2.36. The Morgan fingerprint density at radius 2 is 1.91 bits per heavy atom. The van der Waals surface area contributed by atoms with Gasteiger partial charge in [0.25, 0.3) is 0 Å². The molecule has 11 heavy (non-hydrogen) atoms. The van der Waals surface area contributed by atoms with Crippen molar-refractivity contribution in [3.8, 4) is 5.75 Å². The predicted octanol–water partition coefficient (Wildman–Crippen LogP) is 3.04. The van der Waals surface area contributed by atoms with Crippen LogP contribution in [0.1, 0.15) is 5.56 Å². The lowest BCUT2D eigenvalue weighted by Gasteiger charge is -1.97. The van der Waals surface area contributed by atoms with E-state index in [4.69, 9.17) is 9.78 Å². The summed E-state index contributed by atoms with van der Waals surface area (Å²) in [5.41, 5.74) is 1.07. The van der Waals surface area contributed by atoms with Crippen LogP contribution in [0.15, 0.2) is 21.1 Å². The lowest BCUT2D eigenvalue weighted by Crippen LogP contribution is -1.81. The van der Waals surface area contributed by atoms with Gasteiger partial charge in [-0.1, -0.05) is 0 Å². The Bertz CT molecular complexity index is 270. The first-order chi connectivity index (χ1) is 5.27. The summed E-state index contributed by atoms with van der Waals surface area (Å²) in [4.78, 5) is 9.67. The van der Waals surface area contributed by atoms with Gasteiger partial charge in [0.1, 0.15) is 6.61 Å². The summed E-state index contributed by atoms with van der Waals surface area (Å²) < 4.78 is 1.99. The van der Waals surface area contributed by atoms with Gasteiger partial charge in [0.15, 0.2) is 5.75 Å². The van der Waals surface area contributed by atoms with Gasteiger partial charge < -0.3 is 4.89 Å². The second-order valence-corrected chi connectivity index (χ2v) is 3.93. The second kappa shape index (κ2) is 2.77.